The Morgan fingerprint density at radius 2 is 1.95 bits per heavy atom. The largest absolute Gasteiger partial charge is 0.478 e. The third kappa shape index (κ3) is 5.86. The third-order valence-electron chi connectivity index (χ3n) is 2.61. The van der Waals surface area contributed by atoms with Crippen molar-refractivity contribution in [2.24, 2.45) is 0 Å². The number of carbonyl (C=O) groups is 2. The quantitative estimate of drug-likeness (QED) is 0.605. The van der Waals surface area contributed by atoms with Crippen LogP contribution in [0.2, 0.25) is 0 Å². The van der Waals surface area contributed by atoms with Crippen molar-refractivity contribution in [2.75, 3.05) is 0 Å². The fraction of sp³-hybridized carbons (Fsp3) is 0.333. The number of esters is 1. The Labute approximate surface area is 112 Å². The van der Waals surface area contributed by atoms with E-state index in [1.165, 1.54) is 0 Å². The molecule has 0 saturated heterocycles. The van der Waals surface area contributed by atoms with E-state index in [1.807, 2.05) is 30.3 Å². The summed E-state index contributed by atoms with van der Waals surface area (Å²) in [5.41, 5.74) is 0.924. The van der Waals surface area contributed by atoms with Gasteiger partial charge < -0.3 is 9.84 Å². The maximum absolute atomic E-state index is 11.5. The van der Waals surface area contributed by atoms with Crippen LogP contribution in [0.25, 0.3) is 0 Å². The Bertz CT molecular complexity index is 437. The lowest BCUT2D eigenvalue weighted by Gasteiger charge is -2.17. The second-order valence-electron chi connectivity index (χ2n) is 4.15. The second kappa shape index (κ2) is 8.08. The zero-order valence-corrected chi connectivity index (χ0v) is 10.9. The highest BCUT2D eigenvalue weighted by molar-refractivity contribution is 5.90. The number of aliphatic carboxylic acids is 1. The van der Waals surface area contributed by atoms with Crippen LogP contribution in [0.4, 0.5) is 0 Å². The van der Waals surface area contributed by atoms with E-state index in [1.54, 1.807) is 0 Å². The summed E-state index contributed by atoms with van der Waals surface area (Å²) < 4.78 is 5.30. The van der Waals surface area contributed by atoms with Crippen LogP contribution in [0.3, 0.4) is 0 Å². The number of carbonyl (C=O) groups excluding carboxylic acids is 1. The molecule has 19 heavy (non-hydrogen) atoms. The summed E-state index contributed by atoms with van der Waals surface area (Å²) in [6.07, 6.45) is 4.07. The van der Waals surface area contributed by atoms with Gasteiger partial charge in [-0.05, 0) is 18.4 Å². The van der Waals surface area contributed by atoms with Crippen molar-refractivity contribution >= 4 is 11.9 Å². The Morgan fingerprint density at radius 3 is 2.53 bits per heavy atom. The van der Waals surface area contributed by atoms with Crippen LogP contribution in [-0.2, 0) is 14.3 Å². The first-order chi connectivity index (χ1) is 9.13. The van der Waals surface area contributed by atoms with Crippen molar-refractivity contribution in [3.05, 3.63) is 48.0 Å². The molecule has 102 valence electrons. The van der Waals surface area contributed by atoms with Gasteiger partial charge in [0.2, 0.25) is 0 Å². The lowest BCUT2D eigenvalue weighted by Crippen LogP contribution is -2.10. The third-order valence-corrected chi connectivity index (χ3v) is 2.61. The minimum atomic E-state index is -1.17. The van der Waals surface area contributed by atoms with E-state index in [0.29, 0.717) is 0 Å². The van der Waals surface area contributed by atoms with Crippen molar-refractivity contribution in [3.8, 4) is 0 Å². The van der Waals surface area contributed by atoms with Crippen molar-refractivity contribution < 1.29 is 19.4 Å². The van der Waals surface area contributed by atoms with Crippen molar-refractivity contribution in [2.45, 2.75) is 32.3 Å². The molecule has 0 saturated carbocycles. The zero-order valence-electron chi connectivity index (χ0n) is 10.9. The van der Waals surface area contributed by atoms with Crippen LogP contribution in [0, 0.1) is 0 Å². The Kier molecular flexibility index (Phi) is 6.36. The van der Waals surface area contributed by atoms with Crippen LogP contribution in [0.1, 0.15) is 37.9 Å². The maximum Gasteiger partial charge on any atom is 0.331 e. The first kappa shape index (κ1) is 15.0. The number of benzene rings is 1. The predicted molar refractivity (Wildman–Crippen MR) is 71.6 cm³/mol. The highest BCUT2D eigenvalue weighted by atomic mass is 16.5. The van der Waals surface area contributed by atoms with Crippen LogP contribution >= 0.6 is 0 Å². The van der Waals surface area contributed by atoms with Gasteiger partial charge in [0.1, 0.15) is 6.10 Å². The molecule has 0 aromatic heterocycles. The molecule has 0 aliphatic heterocycles. The summed E-state index contributed by atoms with van der Waals surface area (Å²) in [6.45, 7) is 2.06. The molecule has 0 bridgehead atoms. The average molecular weight is 262 g/mol. The van der Waals surface area contributed by atoms with E-state index in [-0.39, 0.29) is 6.10 Å². The summed E-state index contributed by atoms with van der Waals surface area (Å²) in [6, 6.07) is 9.46. The van der Waals surface area contributed by atoms with E-state index in [9.17, 15) is 9.59 Å². The number of carboxylic acids is 1. The molecule has 1 rings (SSSR count). The predicted octanol–water partition coefficient (Wildman–Crippen LogP) is 3.10. The van der Waals surface area contributed by atoms with E-state index < -0.39 is 11.9 Å². The maximum atomic E-state index is 11.5. The molecule has 1 aromatic rings. The molecular weight excluding hydrogens is 244 g/mol. The van der Waals surface area contributed by atoms with E-state index >= 15 is 0 Å². The van der Waals surface area contributed by atoms with Gasteiger partial charge in [-0.2, -0.15) is 0 Å². The fourth-order valence-electron chi connectivity index (χ4n) is 1.67. The summed E-state index contributed by atoms with van der Waals surface area (Å²) in [5.74, 6) is -1.80. The van der Waals surface area contributed by atoms with Gasteiger partial charge in [0.25, 0.3) is 0 Å². The molecule has 4 heteroatoms. The first-order valence-electron chi connectivity index (χ1n) is 6.30. The molecule has 0 aliphatic rings. The minimum absolute atomic E-state index is 0.327. The fourth-order valence-corrected chi connectivity index (χ4v) is 1.67. The number of hydrogen-bond acceptors (Lipinski definition) is 3. The summed E-state index contributed by atoms with van der Waals surface area (Å²) >= 11 is 0. The molecule has 0 fully saturated rings. The van der Waals surface area contributed by atoms with E-state index in [2.05, 4.69) is 6.92 Å². The number of hydrogen-bond donors (Lipinski definition) is 1. The SMILES string of the molecule is CCCCC(OC(=O)C=CC(=O)O)c1ccccc1. The molecular formula is C15H18O4. The van der Waals surface area contributed by atoms with Gasteiger partial charge in [-0.3, -0.25) is 0 Å². The van der Waals surface area contributed by atoms with Crippen molar-refractivity contribution in [1.82, 2.24) is 0 Å². The smallest absolute Gasteiger partial charge is 0.331 e. The van der Waals surface area contributed by atoms with Gasteiger partial charge in [-0.1, -0.05) is 43.7 Å². The minimum Gasteiger partial charge on any atom is -0.478 e. The molecule has 0 spiro atoms. The van der Waals surface area contributed by atoms with Gasteiger partial charge >= 0.3 is 11.9 Å². The van der Waals surface area contributed by atoms with Crippen LogP contribution in [-0.4, -0.2) is 17.0 Å². The summed E-state index contributed by atoms with van der Waals surface area (Å²) in [7, 11) is 0. The first-order valence-corrected chi connectivity index (χ1v) is 6.30. The Hall–Kier alpha value is -2.10. The molecule has 0 heterocycles. The van der Waals surface area contributed by atoms with Crippen LogP contribution in [0.5, 0.6) is 0 Å². The van der Waals surface area contributed by atoms with E-state index in [4.69, 9.17) is 9.84 Å². The van der Waals surface area contributed by atoms with Crippen molar-refractivity contribution in [3.63, 3.8) is 0 Å². The molecule has 0 amide bonds. The van der Waals surface area contributed by atoms with Crippen LogP contribution in [0.15, 0.2) is 42.5 Å². The average Bonchev–Trinajstić information content (AvgIpc) is 2.42. The molecule has 1 N–H and O–H groups in total. The monoisotopic (exact) mass is 262 g/mol. The lowest BCUT2D eigenvalue weighted by atomic mass is 10.0. The molecule has 0 radical (unpaired) electrons. The van der Waals surface area contributed by atoms with Crippen molar-refractivity contribution in [1.29, 1.82) is 0 Å². The molecule has 1 unspecified atom stereocenters. The number of unbranched alkanes of at least 4 members (excludes halogenated alkanes) is 1. The topological polar surface area (TPSA) is 63.6 Å². The Morgan fingerprint density at radius 1 is 1.26 bits per heavy atom. The summed E-state index contributed by atoms with van der Waals surface area (Å²) in [4.78, 5) is 21.9. The van der Waals surface area contributed by atoms with Crippen LogP contribution < -0.4 is 0 Å². The van der Waals surface area contributed by atoms with E-state index in [0.717, 1.165) is 37.0 Å². The van der Waals surface area contributed by atoms with Gasteiger partial charge in [0, 0.05) is 12.2 Å². The van der Waals surface area contributed by atoms with Gasteiger partial charge in [0.15, 0.2) is 0 Å². The molecule has 1 atom stereocenters. The highest BCUT2D eigenvalue weighted by Crippen LogP contribution is 2.23. The van der Waals surface area contributed by atoms with Gasteiger partial charge in [-0.15, -0.1) is 0 Å². The number of ether oxygens (including phenoxy) is 1. The highest BCUT2D eigenvalue weighted by Gasteiger charge is 2.14. The zero-order chi connectivity index (χ0) is 14.1. The standard InChI is InChI=1S/C15H18O4/c1-2-3-9-13(12-7-5-4-6-8-12)19-15(18)11-10-14(16)17/h4-8,10-11,13H,2-3,9H2,1H3,(H,16,17). The summed E-state index contributed by atoms with van der Waals surface area (Å²) in [5, 5.41) is 8.46. The molecule has 1 aromatic carbocycles. The number of rotatable bonds is 7. The number of carboxylic acid groups (broad SMARTS) is 1. The second-order valence-corrected chi connectivity index (χ2v) is 4.15. The lowest BCUT2D eigenvalue weighted by molar-refractivity contribution is -0.144. The van der Waals surface area contributed by atoms with Gasteiger partial charge in [0.05, 0.1) is 0 Å². The normalized spacial score (nSPS) is 12.3. The molecule has 0 aliphatic carbocycles. The van der Waals surface area contributed by atoms with Gasteiger partial charge in [-0.25, -0.2) is 9.59 Å². The molecule has 4 nitrogen and oxygen atoms in total. The Balaban J connectivity index is 2.70.